The summed E-state index contributed by atoms with van der Waals surface area (Å²) in [5.41, 5.74) is 0. The number of unbranched alkanes of at least 4 members (excludes halogenated alkanes) is 18. The fraction of sp³-hybridized carbons (Fsp3) is 0.906. The normalized spacial score (nSPS) is 12.4. The van der Waals surface area contributed by atoms with Gasteiger partial charge in [0.25, 0.3) is 0 Å². The lowest BCUT2D eigenvalue weighted by Crippen LogP contribution is -2.18. The minimum Gasteiger partial charge on any atom is -0.462 e. The maximum absolute atomic E-state index is 12.3. The molecule has 0 spiro atoms. The average molecular weight is 479 g/mol. The van der Waals surface area contributed by atoms with Gasteiger partial charge in [-0.1, -0.05) is 142 Å². The summed E-state index contributed by atoms with van der Waals surface area (Å²) in [5, 5.41) is 0. The van der Waals surface area contributed by atoms with Crippen LogP contribution >= 0.6 is 0 Å². The predicted molar refractivity (Wildman–Crippen MR) is 151 cm³/mol. The zero-order valence-electron chi connectivity index (χ0n) is 23.7. The molecule has 1 atom stereocenters. The molecule has 0 rings (SSSR count). The van der Waals surface area contributed by atoms with E-state index in [-0.39, 0.29) is 12.1 Å². The summed E-state index contributed by atoms with van der Waals surface area (Å²) in [5.74, 6) is 0.0445. The molecular weight excluding hydrogens is 416 g/mol. The van der Waals surface area contributed by atoms with E-state index >= 15 is 0 Å². The molecule has 0 N–H and O–H groups in total. The standard InChI is InChI=1S/C32H62O2/c1-4-7-10-12-14-16-17-18-19-21-23-25-27-30-32(33)34-31(28-9-6-3)29-26-24-22-20-15-13-11-8-5-2/h13,15,31H,4-12,14,16-30H2,1-3H3. The lowest BCUT2D eigenvalue weighted by atomic mass is 10.0. The highest BCUT2D eigenvalue weighted by Crippen LogP contribution is 2.17. The second kappa shape index (κ2) is 28.4. The maximum Gasteiger partial charge on any atom is 0.306 e. The largest absolute Gasteiger partial charge is 0.462 e. The third kappa shape index (κ3) is 25.8. The minimum atomic E-state index is 0.0445. The first-order valence-corrected chi connectivity index (χ1v) is 15.6. The molecule has 0 aromatic heterocycles. The van der Waals surface area contributed by atoms with Gasteiger partial charge in [-0.15, -0.1) is 0 Å². The summed E-state index contributed by atoms with van der Waals surface area (Å²) in [4.78, 5) is 12.3. The van der Waals surface area contributed by atoms with Gasteiger partial charge in [0.15, 0.2) is 0 Å². The molecule has 0 aliphatic heterocycles. The van der Waals surface area contributed by atoms with Crippen molar-refractivity contribution in [1.29, 1.82) is 0 Å². The van der Waals surface area contributed by atoms with Crippen molar-refractivity contribution in [3.63, 3.8) is 0 Å². The average Bonchev–Trinajstić information content (AvgIpc) is 2.84. The summed E-state index contributed by atoms with van der Waals surface area (Å²) >= 11 is 0. The van der Waals surface area contributed by atoms with Crippen LogP contribution < -0.4 is 0 Å². The van der Waals surface area contributed by atoms with Gasteiger partial charge in [-0.3, -0.25) is 4.79 Å². The van der Waals surface area contributed by atoms with Crippen LogP contribution in [0.3, 0.4) is 0 Å². The lowest BCUT2D eigenvalue weighted by molar-refractivity contribution is -0.150. The van der Waals surface area contributed by atoms with Crippen LogP contribution in [0.15, 0.2) is 12.2 Å². The molecule has 0 aromatic rings. The molecule has 2 nitrogen and oxygen atoms in total. The Hall–Kier alpha value is -0.790. The smallest absolute Gasteiger partial charge is 0.306 e. The van der Waals surface area contributed by atoms with E-state index in [1.165, 1.54) is 128 Å². The lowest BCUT2D eigenvalue weighted by Gasteiger charge is -2.18. The second-order valence-electron chi connectivity index (χ2n) is 10.5. The third-order valence-electron chi connectivity index (χ3n) is 6.95. The van der Waals surface area contributed by atoms with E-state index < -0.39 is 0 Å². The number of rotatable bonds is 27. The first-order chi connectivity index (χ1) is 16.7. The fourth-order valence-electron chi connectivity index (χ4n) is 4.59. The fourth-order valence-corrected chi connectivity index (χ4v) is 4.59. The summed E-state index contributed by atoms with van der Waals surface area (Å²) in [7, 11) is 0. The van der Waals surface area contributed by atoms with Crippen molar-refractivity contribution < 1.29 is 9.53 Å². The van der Waals surface area contributed by atoms with Crippen LogP contribution in [0.1, 0.15) is 181 Å². The van der Waals surface area contributed by atoms with Gasteiger partial charge in [0.1, 0.15) is 6.10 Å². The van der Waals surface area contributed by atoms with E-state index in [9.17, 15) is 4.79 Å². The molecule has 2 heteroatoms. The van der Waals surface area contributed by atoms with Crippen LogP contribution in [0.4, 0.5) is 0 Å². The second-order valence-corrected chi connectivity index (χ2v) is 10.5. The molecule has 0 bridgehead atoms. The molecular formula is C32H62O2. The zero-order chi connectivity index (χ0) is 25.0. The molecule has 0 fully saturated rings. The van der Waals surface area contributed by atoms with Gasteiger partial charge in [-0.05, 0) is 44.9 Å². The predicted octanol–water partition coefficient (Wildman–Crippen LogP) is 11.3. The first kappa shape index (κ1) is 33.2. The van der Waals surface area contributed by atoms with Gasteiger partial charge < -0.3 is 4.74 Å². The van der Waals surface area contributed by atoms with Gasteiger partial charge >= 0.3 is 5.97 Å². The molecule has 0 aliphatic rings. The van der Waals surface area contributed by atoms with Crippen LogP contribution in [0, 0.1) is 0 Å². The number of hydrogen-bond donors (Lipinski definition) is 0. The summed E-state index contributed by atoms with van der Waals surface area (Å²) < 4.78 is 5.88. The number of esters is 1. The monoisotopic (exact) mass is 478 g/mol. The van der Waals surface area contributed by atoms with Crippen LogP contribution in [0.25, 0.3) is 0 Å². The molecule has 0 heterocycles. The zero-order valence-corrected chi connectivity index (χ0v) is 23.7. The van der Waals surface area contributed by atoms with Gasteiger partial charge in [0.05, 0.1) is 0 Å². The van der Waals surface area contributed by atoms with E-state index in [0.717, 1.165) is 25.7 Å². The van der Waals surface area contributed by atoms with Crippen LogP contribution in [0.5, 0.6) is 0 Å². The van der Waals surface area contributed by atoms with Crippen molar-refractivity contribution >= 4 is 5.97 Å². The molecule has 0 radical (unpaired) electrons. The number of hydrogen-bond acceptors (Lipinski definition) is 2. The Morgan fingerprint density at radius 3 is 1.53 bits per heavy atom. The molecule has 202 valence electrons. The Bertz CT molecular complexity index is 429. The van der Waals surface area contributed by atoms with Gasteiger partial charge in [-0.2, -0.15) is 0 Å². The van der Waals surface area contributed by atoms with E-state index in [1.807, 2.05) is 0 Å². The topological polar surface area (TPSA) is 26.3 Å². The molecule has 0 saturated heterocycles. The number of carbonyl (C=O) groups excluding carboxylic acids is 1. The van der Waals surface area contributed by atoms with Crippen molar-refractivity contribution in [3.05, 3.63) is 12.2 Å². The summed E-state index contributed by atoms with van der Waals surface area (Å²) in [6.45, 7) is 6.75. The third-order valence-corrected chi connectivity index (χ3v) is 6.95. The quantitative estimate of drug-likeness (QED) is 0.0666. The Kier molecular flexibility index (Phi) is 27.8. The van der Waals surface area contributed by atoms with Crippen molar-refractivity contribution in [2.75, 3.05) is 0 Å². The Morgan fingerprint density at radius 1 is 0.529 bits per heavy atom. The number of carbonyl (C=O) groups is 1. The highest BCUT2D eigenvalue weighted by Gasteiger charge is 2.13. The molecule has 34 heavy (non-hydrogen) atoms. The number of ether oxygens (including phenoxy) is 1. The van der Waals surface area contributed by atoms with Crippen molar-refractivity contribution in [1.82, 2.24) is 0 Å². The number of allylic oxidation sites excluding steroid dienone is 2. The van der Waals surface area contributed by atoms with E-state index in [2.05, 4.69) is 32.9 Å². The molecule has 0 saturated carbocycles. The van der Waals surface area contributed by atoms with Crippen molar-refractivity contribution in [2.24, 2.45) is 0 Å². The van der Waals surface area contributed by atoms with Crippen molar-refractivity contribution in [3.8, 4) is 0 Å². The van der Waals surface area contributed by atoms with Gasteiger partial charge in [-0.25, -0.2) is 0 Å². The maximum atomic E-state index is 12.3. The van der Waals surface area contributed by atoms with E-state index in [1.54, 1.807) is 0 Å². The summed E-state index contributed by atoms with van der Waals surface area (Å²) in [6.07, 6.45) is 36.0. The van der Waals surface area contributed by atoms with Crippen LogP contribution in [-0.4, -0.2) is 12.1 Å². The van der Waals surface area contributed by atoms with E-state index in [4.69, 9.17) is 4.74 Å². The SMILES string of the molecule is CCCCC=CCCCCCC(CCCC)OC(=O)CCCCCCCCCCCCCCC. The highest BCUT2D eigenvalue weighted by atomic mass is 16.5. The van der Waals surface area contributed by atoms with Crippen LogP contribution in [0.2, 0.25) is 0 Å². The van der Waals surface area contributed by atoms with E-state index in [0.29, 0.717) is 6.42 Å². The highest BCUT2D eigenvalue weighted by molar-refractivity contribution is 5.69. The molecule has 1 unspecified atom stereocenters. The van der Waals surface area contributed by atoms with Crippen LogP contribution in [-0.2, 0) is 9.53 Å². The molecule has 0 amide bonds. The molecule has 0 aliphatic carbocycles. The first-order valence-electron chi connectivity index (χ1n) is 15.6. The van der Waals surface area contributed by atoms with Gasteiger partial charge in [0, 0.05) is 6.42 Å². The summed E-state index contributed by atoms with van der Waals surface area (Å²) in [6, 6.07) is 0. The van der Waals surface area contributed by atoms with Gasteiger partial charge in [0.2, 0.25) is 0 Å². The van der Waals surface area contributed by atoms with Crippen molar-refractivity contribution in [2.45, 2.75) is 187 Å². The Labute approximate surface area is 215 Å². The molecule has 0 aromatic carbocycles. The Morgan fingerprint density at radius 2 is 0.971 bits per heavy atom. The Balaban J connectivity index is 3.68. The minimum absolute atomic E-state index is 0.0445.